The van der Waals surface area contributed by atoms with Gasteiger partial charge in [-0.25, -0.2) is 0 Å². The molecule has 0 aliphatic heterocycles. The van der Waals surface area contributed by atoms with Crippen LogP contribution < -0.4 is 5.73 Å². The summed E-state index contributed by atoms with van der Waals surface area (Å²) in [5, 5.41) is 0. The Kier molecular flexibility index (Phi) is 3.73. The molecule has 1 aromatic rings. The summed E-state index contributed by atoms with van der Waals surface area (Å²) in [6.45, 7) is 1.71. The molecule has 0 aliphatic rings. The Bertz CT molecular complexity index is 415. The number of carbonyl (C=O) groups is 1. The van der Waals surface area contributed by atoms with Crippen molar-refractivity contribution in [1.82, 2.24) is 0 Å². The second-order valence-corrected chi connectivity index (χ2v) is 3.67. The lowest BCUT2D eigenvalue weighted by Crippen LogP contribution is -2.02. The number of ketones is 1. The number of hydrogen-bond donors (Lipinski definition) is 1. The smallest absolute Gasteiger partial charge is 0.176 e. The van der Waals surface area contributed by atoms with Gasteiger partial charge in [0.15, 0.2) is 5.78 Å². The Labute approximate surface area is 91.6 Å². The number of nitrogen functional groups attached to an aromatic ring is 1. The van der Waals surface area contributed by atoms with Crippen LogP contribution in [0.3, 0.4) is 0 Å². The highest BCUT2D eigenvalue weighted by atomic mass is 79.9. The second-order valence-electron chi connectivity index (χ2n) is 2.76. The molecule has 14 heavy (non-hydrogen) atoms. The van der Waals surface area contributed by atoms with Gasteiger partial charge in [-0.3, -0.25) is 4.79 Å². The van der Waals surface area contributed by atoms with E-state index in [4.69, 9.17) is 5.73 Å². The van der Waals surface area contributed by atoms with Crippen LogP contribution in [0.25, 0.3) is 0 Å². The van der Waals surface area contributed by atoms with Crippen molar-refractivity contribution >= 4 is 27.4 Å². The highest BCUT2D eigenvalue weighted by Gasteiger charge is 2.07. The van der Waals surface area contributed by atoms with Crippen LogP contribution in [0.2, 0.25) is 0 Å². The fraction of sp³-hybridized carbons (Fsp3) is 0.182. The van der Waals surface area contributed by atoms with Gasteiger partial charge in [0.05, 0.1) is 6.42 Å². The van der Waals surface area contributed by atoms with Gasteiger partial charge in [0.2, 0.25) is 0 Å². The Balaban J connectivity index is 2.94. The molecule has 3 heteroatoms. The molecular formula is C11H10BrNO. The van der Waals surface area contributed by atoms with Crippen LogP contribution in [0.1, 0.15) is 23.7 Å². The lowest BCUT2D eigenvalue weighted by Gasteiger charge is -2.02. The van der Waals surface area contributed by atoms with E-state index >= 15 is 0 Å². The zero-order valence-electron chi connectivity index (χ0n) is 7.80. The van der Waals surface area contributed by atoms with E-state index in [0.717, 1.165) is 4.47 Å². The van der Waals surface area contributed by atoms with Gasteiger partial charge in [0, 0.05) is 15.7 Å². The number of nitrogens with two attached hydrogens (primary N) is 1. The van der Waals surface area contributed by atoms with Crippen molar-refractivity contribution in [3.05, 3.63) is 28.2 Å². The number of rotatable bonds is 2. The normalized spacial score (nSPS) is 9.00. The third kappa shape index (κ3) is 2.61. The molecular weight excluding hydrogens is 242 g/mol. The fourth-order valence-electron chi connectivity index (χ4n) is 1.05. The lowest BCUT2D eigenvalue weighted by molar-refractivity contribution is 0.0999. The van der Waals surface area contributed by atoms with Crippen LogP contribution in [0.4, 0.5) is 5.69 Å². The topological polar surface area (TPSA) is 43.1 Å². The molecule has 0 fully saturated rings. The number of benzene rings is 1. The van der Waals surface area contributed by atoms with Crippen LogP contribution in [0, 0.1) is 11.8 Å². The van der Waals surface area contributed by atoms with E-state index in [1.807, 2.05) is 0 Å². The van der Waals surface area contributed by atoms with Gasteiger partial charge in [-0.05, 0) is 25.1 Å². The van der Waals surface area contributed by atoms with Gasteiger partial charge >= 0.3 is 0 Å². The summed E-state index contributed by atoms with van der Waals surface area (Å²) in [4.78, 5) is 11.5. The first-order valence-electron chi connectivity index (χ1n) is 4.13. The van der Waals surface area contributed by atoms with Crippen LogP contribution in [-0.2, 0) is 0 Å². The minimum atomic E-state index is -0.0376. The molecule has 0 radical (unpaired) electrons. The van der Waals surface area contributed by atoms with E-state index in [9.17, 15) is 4.79 Å². The Hall–Kier alpha value is -1.27. The molecule has 0 bridgehead atoms. The minimum absolute atomic E-state index is 0.0376. The van der Waals surface area contributed by atoms with Crippen molar-refractivity contribution < 1.29 is 4.79 Å². The average molecular weight is 252 g/mol. The lowest BCUT2D eigenvalue weighted by atomic mass is 10.1. The summed E-state index contributed by atoms with van der Waals surface area (Å²) in [5.41, 5.74) is 6.72. The van der Waals surface area contributed by atoms with Crippen molar-refractivity contribution in [3.63, 3.8) is 0 Å². The van der Waals surface area contributed by atoms with Gasteiger partial charge in [-0.2, -0.15) is 0 Å². The minimum Gasteiger partial charge on any atom is -0.398 e. The number of hydrogen-bond acceptors (Lipinski definition) is 2. The van der Waals surface area contributed by atoms with Crippen LogP contribution >= 0.6 is 15.9 Å². The number of Topliss-reactive ketones (excluding diaryl/α,β-unsaturated/α-hetero) is 1. The largest absolute Gasteiger partial charge is 0.398 e. The van der Waals surface area contributed by atoms with Gasteiger partial charge in [-0.15, -0.1) is 5.92 Å². The van der Waals surface area contributed by atoms with E-state index in [1.165, 1.54) is 0 Å². The van der Waals surface area contributed by atoms with Crippen molar-refractivity contribution in [2.24, 2.45) is 0 Å². The zero-order valence-corrected chi connectivity index (χ0v) is 9.39. The van der Waals surface area contributed by atoms with Crippen molar-refractivity contribution in [2.45, 2.75) is 13.3 Å². The molecule has 0 unspecified atom stereocenters. The average Bonchev–Trinajstić information content (AvgIpc) is 2.14. The molecule has 0 aromatic heterocycles. The van der Waals surface area contributed by atoms with Gasteiger partial charge < -0.3 is 5.73 Å². The highest BCUT2D eigenvalue weighted by molar-refractivity contribution is 9.10. The summed E-state index contributed by atoms with van der Waals surface area (Å²) in [5.74, 6) is 5.36. The molecule has 0 heterocycles. The van der Waals surface area contributed by atoms with Crippen molar-refractivity contribution in [3.8, 4) is 11.8 Å². The summed E-state index contributed by atoms with van der Waals surface area (Å²) in [7, 11) is 0. The van der Waals surface area contributed by atoms with E-state index in [1.54, 1.807) is 25.1 Å². The maximum Gasteiger partial charge on any atom is 0.176 e. The predicted molar refractivity (Wildman–Crippen MR) is 61.0 cm³/mol. The van der Waals surface area contributed by atoms with Gasteiger partial charge in [0.25, 0.3) is 0 Å². The Morgan fingerprint density at radius 2 is 2.29 bits per heavy atom. The summed E-state index contributed by atoms with van der Waals surface area (Å²) >= 11 is 3.28. The molecule has 0 saturated heterocycles. The second kappa shape index (κ2) is 4.83. The number of carbonyl (C=O) groups excluding carboxylic acids is 1. The van der Waals surface area contributed by atoms with Gasteiger partial charge in [-0.1, -0.05) is 21.9 Å². The van der Waals surface area contributed by atoms with Crippen LogP contribution in [-0.4, -0.2) is 5.78 Å². The van der Waals surface area contributed by atoms with Crippen molar-refractivity contribution in [2.75, 3.05) is 5.73 Å². The maximum atomic E-state index is 11.5. The summed E-state index contributed by atoms with van der Waals surface area (Å²) in [6, 6.07) is 5.22. The molecule has 0 saturated carbocycles. The van der Waals surface area contributed by atoms with E-state index < -0.39 is 0 Å². The molecule has 0 aliphatic carbocycles. The van der Waals surface area contributed by atoms with Crippen molar-refractivity contribution in [1.29, 1.82) is 0 Å². The molecule has 1 rings (SSSR count). The highest BCUT2D eigenvalue weighted by Crippen LogP contribution is 2.19. The molecule has 2 N–H and O–H groups in total. The van der Waals surface area contributed by atoms with Crippen LogP contribution in [0.5, 0.6) is 0 Å². The SMILES string of the molecule is CC#CCC(=O)c1ccc(Br)cc1N. The predicted octanol–water partition coefficient (Wildman–Crippen LogP) is 2.63. The molecule has 1 aromatic carbocycles. The number of anilines is 1. The Morgan fingerprint density at radius 1 is 1.57 bits per heavy atom. The molecule has 72 valence electrons. The first-order valence-corrected chi connectivity index (χ1v) is 4.92. The van der Waals surface area contributed by atoms with Gasteiger partial charge in [0.1, 0.15) is 0 Å². The first kappa shape index (κ1) is 10.8. The van der Waals surface area contributed by atoms with E-state index in [-0.39, 0.29) is 12.2 Å². The van der Waals surface area contributed by atoms with Crippen LogP contribution in [0.15, 0.2) is 22.7 Å². The Morgan fingerprint density at radius 3 is 2.86 bits per heavy atom. The third-order valence-corrected chi connectivity index (χ3v) is 2.23. The molecule has 0 atom stereocenters. The third-order valence-electron chi connectivity index (χ3n) is 1.74. The standard InChI is InChI=1S/C11H10BrNO/c1-2-3-4-11(14)9-6-5-8(12)7-10(9)13/h5-7H,4,13H2,1H3. The quantitative estimate of drug-likeness (QED) is 0.499. The zero-order chi connectivity index (χ0) is 10.6. The molecule has 0 amide bonds. The summed E-state index contributed by atoms with van der Waals surface area (Å²) < 4.78 is 0.869. The monoisotopic (exact) mass is 251 g/mol. The fourth-order valence-corrected chi connectivity index (χ4v) is 1.43. The molecule has 0 spiro atoms. The first-order chi connectivity index (χ1) is 6.65. The molecule has 2 nitrogen and oxygen atoms in total. The maximum absolute atomic E-state index is 11.5. The van der Waals surface area contributed by atoms with E-state index in [0.29, 0.717) is 11.3 Å². The number of halogens is 1. The summed E-state index contributed by atoms with van der Waals surface area (Å²) in [6.07, 6.45) is 0.225. The van der Waals surface area contributed by atoms with E-state index in [2.05, 4.69) is 27.8 Å².